The molecular formula is C27H29ClN4O6. The zero-order chi connectivity index (χ0) is 27.4. The third-order valence-electron chi connectivity index (χ3n) is 7.95. The molecule has 10 nitrogen and oxygen atoms in total. The molecule has 200 valence electrons. The topological polar surface area (TPSA) is 140 Å². The van der Waals surface area contributed by atoms with Crippen LogP contribution in [0.3, 0.4) is 0 Å². The first-order valence-corrected chi connectivity index (χ1v) is 12.7. The zero-order valence-electron chi connectivity index (χ0n) is 21.3. The molecule has 5 rings (SSSR count). The third kappa shape index (κ3) is 3.82. The molecule has 0 bridgehead atoms. The number of likely N-dealkylation sites (tertiary alicyclic amines) is 1. The van der Waals surface area contributed by atoms with Crippen molar-refractivity contribution in [1.82, 2.24) is 10.2 Å². The number of hydrogen-bond donors (Lipinski definition) is 3. The van der Waals surface area contributed by atoms with Gasteiger partial charge in [-0.25, -0.2) is 0 Å². The molecule has 0 aromatic heterocycles. The van der Waals surface area contributed by atoms with Crippen LogP contribution in [0.25, 0.3) is 0 Å². The number of nitrogens with zero attached hydrogens (tertiary/aromatic N) is 1. The Hall–Kier alpha value is -3.63. The summed E-state index contributed by atoms with van der Waals surface area (Å²) in [5.74, 6) is -2.41. The van der Waals surface area contributed by atoms with E-state index in [1.807, 2.05) is 6.07 Å². The number of carbonyl (C=O) groups excluding carboxylic acids is 4. The molecule has 2 saturated heterocycles. The molecule has 0 aliphatic carbocycles. The van der Waals surface area contributed by atoms with Gasteiger partial charge in [-0.05, 0) is 49.1 Å². The maximum absolute atomic E-state index is 13.9. The summed E-state index contributed by atoms with van der Waals surface area (Å²) < 4.78 is 10.6. The summed E-state index contributed by atoms with van der Waals surface area (Å²) in [6.07, 6.45) is 0.620. The van der Waals surface area contributed by atoms with E-state index in [9.17, 15) is 19.2 Å². The van der Waals surface area contributed by atoms with E-state index in [0.29, 0.717) is 39.8 Å². The standard InChI is InChI=1S/C27H29ClN4O6/c1-13-16(28)6-5-15-23(13)30-26(36)27(15)22-21(17(31-27)7-9-20(29)33)24(34)32(25(22)35)11-10-14-4-8-18(37-2)19(12-14)38-3/h4-6,8,12,17,21-22,31H,7,9-11H2,1-3H3,(H2,29,33)(H,30,36)/t17-,21-,22-,27+/m1/s1. The smallest absolute Gasteiger partial charge is 0.250 e. The first-order chi connectivity index (χ1) is 18.1. The van der Waals surface area contributed by atoms with Gasteiger partial charge in [-0.1, -0.05) is 23.7 Å². The Bertz CT molecular complexity index is 1360. The van der Waals surface area contributed by atoms with Crippen LogP contribution in [0.4, 0.5) is 5.69 Å². The Balaban J connectivity index is 1.50. The molecule has 0 unspecified atom stereocenters. The molecule has 0 radical (unpaired) electrons. The van der Waals surface area contributed by atoms with Crippen LogP contribution in [0, 0.1) is 18.8 Å². The fraction of sp³-hybridized carbons (Fsp3) is 0.407. The Kier molecular flexibility index (Phi) is 6.56. The molecular weight excluding hydrogens is 512 g/mol. The fourth-order valence-electron chi connectivity index (χ4n) is 6.09. The minimum absolute atomic E-state index is 0.0121. The molecule has 11 heteroatoms. The van der Waals surface area contributed by atoms with Gasteiger partial charge in [0.2, 0.25) is 23.6 Å². The minimum atomic E-state index is -1.46. The van der Waals surface area contributed by atoms with Crippen molar-refractivity contribution in [3.8, 4) is 11.5 Å². The van der Waals surface area contributed by atoms with Crippen LogP contribution in [0.1, 0.15) is 29.5 Å². The molecule has 1 spiro atoms. The lowest BCUT2D eigenvalue weighted by atomic mass is 9.76. The number of benzene rings is 2. The van der Waals surface area contributed by atoms with Gasteiger partial charge in [0.15, 0.2) is 11.5 Å². The summed E-state index contributed by atoms with van der Waals surface area (Å²) in [7, 11) is 3.08. The van der Waals surface area contributed by atoms with Gasteiger partial charge in [0.05, 0.1) is 31.7 Å². The summed E-state index contributed by atoms with van der Waals surface area (Å²) in [4.78, 5) is 54.1. The van der Waals surface area contributed by atoms with E-state index in [1.165, 1.54) is 12.0 Å². The Morgan fingerprint density at radius 2 is 1.84 bits per heavy atom. The number of hydrogen-bond acceptors (Lipinski definition) is 7. The van der Waals surface area contributed by atoms with Crippen molar-refractivity contribution in [3.05, 3.63) is 52.0 Å². The van der Waals surface area contributed by atoms with Gasteiger partial charge in [0.25, 0.3) is 0 Å². The maximum atomic E-state index is 13.9. The van der Waals surface area contributed by atoms with Gasteiger partial charge in [-0.2, -0.15) is 0 Å². The van der Waals surface area contributed by atoms with E-state index in [2.05, 4.69) is 10.6 Å². The summed E-state index contributed by atoms with van der Waals surface area (Å²) in [6, 6.07) is 8.22. The van der Waals surface area contributed by atoms with Crippen LogP contribution in [0.15, 0.2) is 30.3 Å². The second-order valence-electron chi connectivity index (χ2n) is 9.88. The van der Waals surface area contributed by atoms with E-state index in [0.717, 1.165) is 5.56 Å². The highest BCUT2D eigenvalue weighted by molar-refractivity contribution is 6.32. The molecule has 4 N–H and O–H groups in total. The van der Waals surface area contributed by atoms with Gasteiger partial charge < -0.3 is 20.5 Å². The van der Waals surface area contributed by atoms with Crippen molar-refractivity contribution < 1.29 is 28.7 Å². The second kappa shape index (κ2) is 9.59. The average Bonchev–Trinajstić information content (AvgIpc) is 3.48. The van der Waals surface area contributed by atoms with Crippen LogP contribution in [0.5, 0.6) is 11.5 Å². The Labute approximate surface area is 224 Å². The molecule has 4 amide bonds. The lowest BCUT2D eigenvalue weighted by molar-refractivity contribution is -0.142. The van der Waals surface area contributed by atoms with Crippen molar-refractivity contribution in [2.75, 3.05) is 26.1 Å². The number of ether oxygens (including phenoxy) is 2. The Morgan fingerprint density at radius 3 is 2.53 bits per heavy atom. The second-order valence-corrected chi connectivity index (χ2v) is 10.3. The number of halogens is 1. The van der Waals surface area contributed by atoms with E-state index < -0.39 is 41.1 Å². The first kappa shape index (κ1) is 26.0. The lowest BCUT2D eigenvalue weighted by Gasteiger charge is -2.29. The molecule has 2 fully saturated rings. The predicted molar refractivity (Wildman–Crippen MR) is 139 cm³/mol. The number of nitrogens with one attached hydrogen (secondary N) is 2. The van der Waals surface area contributed by atoms with E-state index >= 15 is 0 Å². The van der Waals surface area contributed by atoms with Crippen molar-refractivity contribution >= 4 is 40.9 Å². The first-order valence-electron chi connectivity index (χ1n) is 12.4. The monoisotopic (exact) mass is 540 g/mol. The van der Waals surface area contributed by atoms with E-state index in [4.69, 9.17) is 26.8 Å². The van der Waals surface area contributed by atoms with Gasteiger partial charge in [0.1, 0.15) is 5.54 Å². The van der Waals surface area contributed by atoms with Crippen LogP contribution in [-0.4, -0.2) is 55.3 Å². The van der Waals surface area contributed by atoms with Crippen molar-refractivity contribution in [3.63, 3.8) is 0 Å². The molecule has 3 aliphatic heterocycles. The largest absolute Gasteiger partial charge is 0.493 e. The number of fused-ring (bicyclic) bond motifs is 4. The maximum Gasteiger partial charge on any atom is 0.250 e. The summed E-state index contributed by atoms with van der Waals surface area (Å²) >= 11 is 6.31. The molecule has 4 atom stereocenters. The lowest BCUT2D eigenvalue weighted by Crippen LogP contribution is -2.53. The highest BCUT2D eigenvalue weighted by Gasteiger charge is 2.70. The number of amides is 4. The minimum Gasteiger partial charge on any atom is -0.493 e. The van der Waals surface area contributed by atoms with Crippen LogP contribution >= 0.6 is 11.6 Å². The predicted octanol–water partition coefficient (Wildman–Crippen LogP) is 1.89. The quantitative estimate of drug-likeness (QED) is 0.434. The van der Waals surface area contributed by atoms with E-state index in [-0.39, 0.29) is 25.3 Å². The molecule has 2 aromatic rings. The normalized spacial score (nSPS) is 25.5. The Morgan fingerprint density at radius 1 is 1.11 bits per heavy atom. The molecule has 38 heavy (non-hydrogen) atoms. The van der Waals surface area contributed by atoms with Crippen LogP contribution < -0.4 is 25.8 Å². The molecule has 3 aliphatic rings. The number of rotatable bonds is 8. The number of imide groups is 1. The highest BCUT2D eigenvalue weighted by Crippen LogP contribution is 2.54. The molecule has 2 aromatic carbocycles. The highest BCUT2D eigenvalue weighted by atomic mass is 35.5. The number of primary amides is 1. The van der Waals surface area contributed by atoms with Gasteiger partial charge in [0, 0.05) is 29.6 Å². The van der Waals surface area contributed by atoms with Crippen molar-refractivity contribution in [2.45, 2.75) is 37.8 Å². The van der Waals surface area contributed by atoms with Crippen LogP contribution in [0.2, 0.25) is 5.02 Å². The molecule has 0 saturated carbocycles. The third-order valence-corrected chi connectivity index (χ3v) is 8.36. The van der Waals surface area contributed by atoms with Crippen LogP contribution in [-0.2, 0) is 31.1 Å². The van der Waals surface area contributed by atoms with Crippen molar-refractivity contribution in [1.29, 1.82) is 0 Å². The fourth-order valence-corrected chi connectivity index (χ4v) is 6.25. The summed E-state index contributed by atoms with van der Waals surface area (Å²) in [5, 5.41) is 6.66. The number of nitrogens with two attached hydrogens (primary N) is 1. The molecule has 3 heterocycles. The van der Waals surface area contributed by atoms with E-state index in [1.54, 1.807) is 38.3 Å². The van der Waals surface area contributed by atoms with Gasteiger partial charge >= 0.3 is 0 Å². The zero-order valence-corrected chi connectivity index (χ0v) is 22.1. The average molecular weight is 541 g/mol. The summed E-state index contributed by atoms with van der Waals surface area (Å²) in [6.45, 7) is 1.92. The number of anilines is 1. The van der Waals surface area contributed by atoms with Gasteiger partial charge in [-0.15, -0.1) is 0 Å². The summed E-state index contributed by atoms with van der Waals surface area (Å²) in [5.41, 5.74) is 6.58. The van der Waals surface area contributed by atoms with Gasteiger partial charge in [-0.3, -0.25) is 29.4 Å². The SMILES string of the molecule is COc1ccc(CCN2C(=O)[C@@H]3[C@@H](CCC(N)=O)N[C@]4(C(=O)Nc5c4ccc(Cl)c5C)[C@H]3C2=O)cc1OC. The number of carbonyl (C=O) groups is 4. The van der Waals surface area contributed by atoms with Crippen molar-refractivity contribution in [2.24, 2.45) is 17.6 Å². The number of methoxy groups -OCH3 is 2.